The second-order valence-corrected chi connectivity index (χ2v) is 14.7. The van der Waals surface area contributed by atoms with Gasteiger partial charge >= 0.3 is 11.9 Å². The maximum Gasteiger partial charge on any atom is 0.313 e. The van der Waals surface area contributed by atoms with Gasteiger partial charge in [-0.2, -0.15) is 0 Å². The molecule has 9 atom stereocenters. The van der Waals surface area contributed by atoms with Crippen LogP contribution in [-0.2, 0) is 28.6 Å². The van der Waals surface area contributed by atoms with E-state index in [0.29, 0.717) is 0 Å². The van der Waals surface area contributed by atoms with Crippen molar-refractivity contribution >= 4 is 34.9 Å². The van der Waals surface area contributed by atoms with E-state index in [-0.39, 0.29) is 61.9 Å². The van der Waals surface area contributed by atoms with E-state index in [1.807, 2.05) is 0 Å². The quantitative estimate of drug-likeness (QED) is 0.130. The fourth-order valence-electron chi connectivity index (χ4n) is 7.28. The molecule has 9 unspecified atom stereocenters. The number of methoxy groups -OCH3 is 1. The molecule has 15 nitrogen and oxygen atoms in total. The first-order valence-corrected chi connectivity index (χ1v) is 17.8. The summed E-state index contributed by atoms with van der Waals surface area (Å²) in [5.41, 5.74) is -2.34. The number of allylic oxidation sites excluding steroid dienone is 5. The minimum atomic E-state index is -2.17. The van der Waals surface area contributed by atoms with E-state index in [1.165, 1.54) is 66.7 Å². The molecule has 0 fully saturated rings. The SMILES string of the molecule is COC(=O)C1C(O)C(C)C(O)C(C)/C=C\C=C(/C)C(=O)Nc2c(C)c(OC(C)=O)c3c(c2O)C(=O)C(C)=C2OCOC(=C23)/C(C)=C/C(C)(O)C(O)C(C)C1O. The van der Waals surface area contributed by atoms with Gasteiger partial charge in [-0.3, -0.25) is 19.2 Å². The smallest absolute Gasteiger partial charge is 0.313 e. The van der Waals surface area contributed by atoms with E-state index in [0.717, 1.165) is 14.0 Å². The summed E-state index contributed by atoms with van der Waals surface area (Å²) in [4.78, 5) is 53.0. The topological polar surface area (TPSA) is 239 Å². The Morgan fingerprint density at radius 3 is 2.11 bits per heavy atom. The van der Waals surface area contributed by atoms with Gasteiger partial charge in [0, 0.05) is 47.0 Å². The van der Waals surface area contributed by atoms with Crippen molar-refractivity contribution in [2.75, 3.05) is 19.2 Å². The summed E-state index contributed by atoms with van der Waals surface area (Å²) >= 11 is 0. The number of aliphatic hydroxyl groups is 5. The van der Waals surface area contributed by atoms with Crippen LogP contribution in [0.4, 0.5) is 5.69 Å². The average Bonchev–Trinajstić information content (AvgIpc) is 3.13. The summed E-state index contributed by atoms with van der Waals surface area (Å²) in [5, 5.41) is 71.8. The van der Waals surface area contributed by atoms with Gasteiger partial charge in [0.1, 0.15) is 28.8 Å². The normalized spacial score (nSPS) is 33.3. The Hall–Kier alpha value is -4.80. The number of fused-ring (bicyclic) bond motifs is 14. The van der Waals surface area contributed by atoms with Crippen molar-refractivity contribution in [1.82, 2.24) is 0 Å². The van der Waals surface area contributed by atoms with Crippen LogP contribution in [0, 0.1) is 30.6 Å². The van der Waals surface area contributed by atoms with E-state index < -0.39 is 89.9 Å². The first kappa shape index (κ1) is 42.9. The van der Waals surface area contributed by atoms with Gasteiger partial charge in [0.2, 0.25) is 6.79 Å². The van der Waals surface area contributed by atoms with Crippen molar-refractivity contribution in [2.45, 2.75) is 92.3 Å². The number of Topliss-reactive ketones (excluding diaryl/α,β-unsaturated/α-hetero) is 1. The van der Waals surface area contributed by atoms with Crippen molar-refractivity contribution in [3.63, 3.8) is 0 Å². The highest BCUT2D eigenvalue weighted by molar-refractivity contribution is 6.21. The van der Waals surface area contributed by atoms with Gasteiger partial charge in [-0.1, -0.05) is 39.0 Å². The summed E-state index contributed by atoms with van der Waals surface area (Å²) in [6.07, 6.45) is -0.878. The molecule has 3 aliphatic heterocycles. The van der Waals surface area contributed by atoms with Gasteiger partial charge in [-0.15, -0.1) is 0 Å². The van der Waals surface area contributed by atoms with E-state index in [9.17, 15) is 49.8 Å². The van der Waals surface area contributed by atoms with Gasteiger partial charge in [0.05, 0.1) is 48.3 Å². The summed E-state index contributed by atoms with van der Waals surface area (Å²) in [5.74, 6) is -8.68. The molecule has 0 radical (unpaired) electrons. The van der Waals surface area contributed by atoms with Crippen LogP contribution in [0.25, 0.3) is 5.57 Å². The Morgan fingerprint density at radius 2 is 1.51 bits per heavy atom. The Morgan fingerprint density at radius 1 is 0.909 bits per heavy atom. The van der Waals surface area contributed by atoms with Gasteiger partial charge in [-0.25, -0.2) is 0 Å². The molecule has 1 amide bonds. The van der Waals surface area contributed by atoms with Gasteiger partial charge in [-0.05, 0) is 46.3 Å². The number of aromatic hydroxyl groups is 1. The minimum absolute atomic E-state index is 0.00256. The summed E-state index contributed by atoms with van der Waals surface area (Å²) in [6.45, 7) is 12.3. The van der Waals surface area contributed by atoms with Crippen molar-refractivity contribution in [1.29, 1.82) is 0 Å². The highest BCUT2D eigenvalue weighted by Crippen LogP contribution is 2.53. The highest BCUT2D eigenvalue weighted by Gasteiger charge is 2.47. The lowest BCUT2D eigenvalue weighted by Crippen LogP contribution is -2.53. The molecule has 7 N–H and O–H groups in total. The van der Waals surface area contributed by atoms with E-state index >= 15 is 0 Å². The van der Waals surface area contributed by atoms with Crippen molar-refractivity contribution in [3.05, 3.63) is 69.2 Å². The molecule has 15 heteroatoms. The number of amides is 1. The number of esters is 2. The first-order chi connectivity index (χ1) is 25.6. The van der Waals surface area contributed by atoms with Crippen LogP contribution in [0.5, 0.6) is 11.5 Å². The first-order valence-electron chi connectivity index (χ1n) is 17.8. The lowest BCUT2D eigenvalue weighted by Gasteiger charge is -2.39. The van der Waals surface area contributed by atoms with Gasteiger partial charge in [0.15, 0.2) is 11.5 Å². The minimum Gasteiger partial charge on any atom is -0.505 e. The van der Waals surface area contributed by atoms with Crippen LogP contribution in [0.3, 0.4) is 0 Å². The van der Waals surface area contributed by atoms with Gasteiger partial charge < -0.3 is 54.9 Å². The molecule has 4 aliphatic rings. The maximum absolute atomic E-state index is 14.0. The molecule has 0 saturated carbocycles. The third-order valence-corrected chi connectivity index (χ3v) is 10.6. The zero-order valence-corrected chi connectivity index (χ0v) is 32.6. The Bertz CT molecular complexity index is 1920. The Labute approximate surface area is 319 Å². The fourth-order valence-corrected chi connectivity index (χ4v) is 7.28. The molecule has 3 heterocycles. The number of phenolic OH excluding ortho intramolecular Hbond substituents is 1. The molecular weight excluding hydrogens is 718 g/mol. The molecule has 1 aromatic carbocycles. The number of benzene rings is 1. The molecule has 0 saturated heterocycles. The third kappa shape index (κ3) is 8.12. The second kappa shape index (κ2) is 16.5. The van der Waals surface area contributed by atoms with E-state index in [2.05, 4.69) is 5.32 Å². The number of hydrogen-bond acceptors (Lipinski definition) is 14. The summed E-state index contributed by atoms with van der Waals surface area (Å²) in [6, 6.07) is 0. The van der Waals surface area contributed by atoms with Crippen molar-refractivity contribution in [2.24, 2.45) is 23.7 Å². The van der Waals surface area contributed by atoms with E-state index in [1.54, 1.807) is 13.0 Å². The Balaban J connectivity index is 2.07. The summed E-state index contributed by atoms with van der Waals surface area (Å²) in [7, 11) is 1.06. The average molecular weight is 770 g/mol. The second-order valence-electron chi connectivity index (χ2n) is 14.7. The van der Waals surface area contributed by atoms with Crippen LogP contribution < -0.4 is 10.1 Å². The number of ether oxygens (including phenoxy) is 4. The number of nitrogens with one attached hydrogen (secondary N) is 1. The number of aliphatic hydroxyl groups excluding tert-OH is 4. The predicted molar refractivity (Wildman–Crippen MR) is 198 cm³/mol. The fraction of sp³-hybridized carbons (Fsp3) is 0.500. The zero-order valence-electron chi connectivity index (χ0n) is 32.6. The molecule has 300 valence electrons. The standard InChI is InChI=1S/C40H51NO14/c1-16-12-11-13-17(2)38(49)41-28-19(4)36(55-23(8)42)24-25(33(28)47)31(45)21(6)35-26(24)34(53-15-54-35)18(3)14-40(9,51)37(48)22(7)32(46)27(39(50)52-10)30(44)20(5)29(16)43/h11-14,16,20,22,27,29-30,32,37,43-44,46-48,51H,15H2,1-10H3,(H,41,49)/b12-11-,17-13+,18-14+. The highest BCUT2D eigenvalue weighted by atomic mass is 16.7. The molecule has 1 aromatic rings. The number of ketones is 1. The lowest BCUT2D eigenvalue weighted by atomic mass is 9.75. The van der Waals surface area contributed by atoms with Crippen molar-refractivity contribution in [3.8, 4) is 11.5 Å². The van der Waals surface area contributed by atoms with Crippen molar-refractivity contribution < 1.29 is 68.8 Å². The van der Waals surface area contributed by atoms with Gasteiger partial charge in [0.25, 0.3) is 5.91 Å². The third-order valence-electron chi connectivity index (χ3n) is 10.6. The van der Waals surface area contributed by atoms with Crippen LogP contribution >= 0.6 is 0 Å². The molecule has 1 aliphatic carbocycles. The molecular formula is C40H51NO14. The zero-order chi connectivity index (χ0) is 41.4. The van der Waals surface area contributed by atoms with Crippen LogP contribution in [0.15, 0.2) is 52.5 Å². The number of rotatable bonds is 2. The van der Waals surface area contributed by atoms with Crippen LogP contribution in [-0.4, -0.2) is 98.2 Å². The molecule has 55 heavy (non-hydrogen) atoms. The number of hydrogen-bond donors (Lipinski definition) is 7. The number of carbonyl (C=O) groups excluding carboxylic acids is 4. The molecule has 4 bridgehead atoms. The monoisotopic (exact) mass is 769 g/mol. The number of carbonyl (C=O) groups is 4. The molecule has 0 spiro atoms. The van der Waals surface area contributed by atoms with Crippen LogP contribution in [0.2, 0.25) is 0 Å². The Kier molecular flexibility index (Phi) is 12.9. The molecule has 5 rings (SSSR count). The molecule has 0 aromatic heterocycles. The largest absolute Gasteiger partial charge is 0.505 e. The maximum atomic E-state index is 14.0. The predicted octanol–water partition coefficient (Wildman–Crippen LogP) is 3.10. The van der Waals surface area contributed by atoms with Crippen LogP contribution in [0.1, 0.15) is 76.9 Å². The number of anilines is 1. The van der Waals surface area contributed by atoms with E-state index in [4.69, 9.17) is 18.9 Å². The summed E-state index contributed by atoms with van der Waals surface area (Å²) < 4.78 is 22.3. The number of phenols is 1. The lowest BCUT2D eigenvalue weighted by molar-refractivity contribution is -0.168.